The summed E-state index contributed by atoms with van der Waals surface area (Å²) >= 11 is 0. The van der Waals surface area contributed by atoms with Gasteiger partial charge in [0.05, 0.1) is 7.11 Å². The quantitative estimate of drug-likeness (QED) is 0.463. The van der Waals surface area contributed by atoms with Crippen LogP contribution in [-0.2, 0) is 20.7 Å². The molecule has 2 aromatic carbocycles. The van der Waals surface area contributed by atoms with E-state index in [2.05, 4.69) is 6.58 Å². The van der Waals surface area contributed by atoms with E-state index in [9.17, 15) is 9.59 Å². The predicted molar refractivity (Wildman–Crippen MR) is 92.4 cm³/mol. The summed E-state index contributed by atoms with van der Waals surface area (Å²) in [5.41, 5.74) is 2.06. The van der Waals surface area contributed by atoms with Crippen molar-refractivity contribution in [3.05, 3.63) is 84.0 Å². The van der Waals surface area contributed by atoms with Gasteiger partial charge in [-0.25, -0.2) is 9.59 Å². The van der Waals surface area contributed by atoms with E-state index in [1.807, 2.05) is 30.3 Å². The zero-order valence-electron chi connectivity index (χ0n) is 13.4. The van der Waals surface area contributed by atoms with Crippen molar-refractivity contribution in [3.8, 4) is 5.75 Å². The van der Waals surface area contributed by atoms with E-state index < -0.39 is 11.9 Å². The van der Waals surface area contributed by atoms with E-state index in [-0.39, 0.29) is 0 Å². The van der Waals surface area contributed by atoms with E-state index in [1.54, 1.807) is 30.3 Å². The van der Waals surface area contributed by atoms with Crippen molar-refractivity contribution < 1.29 is 19.1 Å². The monoisotopic (exact) mass is 322 g/mol. The van der Waals surface area contributed by atoms with Crippen molar-refractivity contribution in [1.82, 2.24) is 0 Å². The average molecular weight is 322 g/mol. The molecule has 0 fully saturated rings. The van der Waals surface area contributed by atoms with Crippen LogP contribution in [0.4, 0.5) is 0 Å². The number of para-hydroxylation sites is 1. The van der Waals surface area contributed by atoms with E-state index in [0.29, 0.717) is 23.3 Å². The molecule has 24 heavy (non-hydrogen) atoms. The lowest BCUT2D eigenvalue weighted by Gasteiger charge is -2.09. The number of ether oxygens (including phenoxy) is 2. The molecule has 0 aliphatic carbocycles. The minimum Gasteiger partial charge on any atom is -0.466 e. The van der Waals surface area contributed by atoms with E-state index >= 15 is 0 Å². The molecular formula is C20H18O4. The average Bonchev–Trinajstić information content (AvgIpc) is 2.62. The van der Waals surface area contributed by atoms with Gasteiger partial charge in [-0.2, -0.15) is 0 Å². The number of carbonyl (C=O) groups excluding carboxylic acids is 2. The van der Waals surface area contributed by atoms with Crippen LogP contribution >= 0.6 is 0 Å². The van der Waals surface area contributed by atoms with Crippen LogP contribution in [-0.4, -0.2) is 19.0 Å². The normalized spacial score (nSPS) is 10.8. The molecule has 0 aliphatic rings. The number of benzene rings is 2. The number of rotatable bonds is 6. The smallest absolute Gasteiger partial charge is 0.335 e. The fraction of sp³-hybridized carbons (Fsp3) is 0.100. The minimum absolute atomic E-state index is 0.358. The molecule has 0 saturated heterocycles. The summed E-state index contributed by atoms with van der Waals surface area (Å²) in [6.07, 6.45) is 3.17. The van der Waals surface area contributed by atoms with Crippen molar-refractivity contribution in [3.63, 3.8) is 0 Å². The van der Waals surface area contributed by atoms with Gasteiger partial charge in [-0.3, -0.25) is 0 Å². The fourth-order valence-corrected chi connectivity index (χ4v) is 2.16. The highest BCUT2D eigenvalue weighted by Crippen LogP contribution is 2.23. The summed E-state index contributed by atoms with van der Waals surface area (Å²) in [6, 6.07) is 16.6. The Kier molecular flexibility index (Phi) is 6.08. The van der Waals surface area contributed by atoms with Gasteiger partial charge >= 0.3 is 11.9 Å². The third kappa shape index (κ3) is 4.68. The van der Waals surface area contributed by atoms with Gasteiger partial charge in [0.25, 0.3) is 0 Å². The molecule has 0 N–H and O–H groups in total. The highest BCUT2D eigenvalue weighted by Gasteiger charge is 2.13. The second kappa shape index (κ2) is 8.48. The zero-order chi connectivity index (χ0) is 17.4. The van der Waals surface area contributed by atoms with Gasteiger partial charge in [0.2, 0.25) is 0 Å². The molecule has 2 aromatic rings. The number of esters is 2. The van der Waals surface area contributed by atoms with Crippen LogP contribution in [0.3, 0.4) is 0 Å². The Morgan fingerprint density at radius 1 is 1.04 bits per heavy atom. The standard InChI is InChI=1S/C20H18O4/c1-3-19(21)24-18-12-8-7-11-16(18)14-17(20(22)23-2)13-15-9-5-4-6-10-15/h3-12,14H,1,13H2,2H3. The molecular weight excluding hydrogens is 304 g/mol. The van der Waals surface area contributed by atoms with Crippen LogP contribution in [0.1, 0.15) is 11.1 Å². The van der Waals surface area contributed by atoms with Crippen molar-refractivity contribution in [1.29, 1.82) is 0 Å². The van der Waals surface area contributed by atoms with Gasteiger partial charge in [-0.1, -0.05) is 55.1 Å². The SMILES string of the molecule is C=CC(=O)Oc1ccccc1C=C(Cc1ccccc1)C(=O)OC. The second-order valence-corrected chi connectivity index (χ2v) is 4.99. The van der Waals surface area contributed by atoms with Crippen LogP contribution in [0.15, 0.2) is 72.8 Å². The van der Waals surface area contributed by atoms with E-state index in [0.717, 1.165) is 11.6 Å². The Hall–Kier alpha value is -3.14. The maximum Gasteiger partial charge on any atom is 0.335 e. The molecule has 0 heterocycles. The molecule has 0 aliphatic heterocycles. The third-order valence-electron chi connectivity index (χ3n) is 3.31. The van der Waals surface area contributed by atoms with Crippen molar-refractivity contribution in [2.24, 2.45) is 0 Å². The first-order valence-corrected chi connectivity index (χ1v) is 7.40. The number of hydrogen-bond donors (Lipinski definition) is 0. The minimum atomic E-state index is -0.557. The van der Waals surface area contributed by atoms with Gasteiger partial charge < -0.3 is 9.47 Å². The van der Waals surface area contributed by atoms with Gasteiger partial charge in [0, 0.05) is 23.6 Å². The van der Waals surface area contributed by atoms with E-state index in [1.165, 1.54) is 7.11 Å². The Morgan fingerprint density at radius 2 is 1.71 bits per heavy atom. The van der Waals surface area contributed by atoms with Crippen LogP contribution in [0.5, 0.6) is 5.75 Å². The lowest BCUT2D eigenvalue weighted by Crippen LogP contribution is -2.08. The number of methoxy groups -OCH3 is 1. The Balaban J connectivity index is 2.37. The molecule has 0 radical (unpaired) electrons. The van der Waals surface area contributed by atoms with Gasteiger partial charge in [0.15, 0.2) is 0 Å². The number of hydrogen-bond acceptors (Lipinski definition) is 4. The Morgan fingerprint density at radius 3 is 2.38 bits per heavy atom. The molecule has 0 amide bonds. The molecule has 122 valence electrons. The summed E-state index contributed by atoms with van der Waals surface area (Å²) < 4.78 is 10.1. The lowest BCUT2D eigenvalue weighted by atomic mass is 10.0. The van der Waals surface area contributed by atoms with Crippen molar-refractivity contribution in [2.45, 2.75) is 6.42 Å². The summed E-state index contributed by atoms with van der Waals surface area (Å²) in [5, 5.41) is 0. The van der Waals surface area contributed by atoms with Crippen molar-refractivity contribution in [2.75, 3.05) is 7.11 Å². The summed E-state index contributed by atoms with van der Waals surface area (Å²) in [6.45, 7) is 3.38. The molecule has 0 unspecified atom stereocenters. The first-order valence-electron chi connectivity index (χ1n) is 7.40. The Bertz CT molecular complexity index is 760. The highest BCUT2D eigenvalue weighted by molar-refractivity contribution is 5.95. The first-order chi connectivity index (χ1) is 11.6. The Labute approximate surface area is 141 Å². The van der Waals surface area contributed by atoms with E-state index in [4.69, 9.17) is 9.47 Å². The van der Waals surface area contributed by atoms with Crippen LogP contribution in [0.2, 0.25) is 0 Å². The lowest BCUT2D eigenvalue weighted by molar-refractivity contribution is -0.136. The van der Waals surface area contributed by atoms with Gasteiger partial charge in [-0.15, -0.1) is 0 Å². The molecule has 0 atom stereocenters. The fourth-order valence-electron chi connectivity index (χ4n) is 2.16. The predicted octanol–water partition coefficient (Wildman–Crippen LogP) is 3.58. The molecule has 4 heteroatoms. The summed E-state index contributed by atoms with van der Waals surface area (Å²) in [5.74, 6) is -0.626. The molecule has 0 saturated carbocycles. The molecule has 2 rings (SSSR count). The topological polar surface area (TPSA) is 52.6 Å². The highest BCUT2D eigenvalue weighted by atomic mass is 16.5. The number of carbonyl (C=O) groups is 2. The maximum atomic E-state index is 12.1. The molecule has 0 bridgehead atoms. The van der Waals surface area contributed by atoms with Crippen LogP contribution in [0.25, 0.3) is 6.08 Å². The van der Waals surface area contributed by atoms with Crippen molar-refractivity contribution >= 4 is 18.0 Å². The largest absolute Gasteiger partial charge is 0.466 e. The summed E-state index contributed by atoms with van der Waals surface area (Å²) in [4.78, 5) is 23.5. The third-order valence-corrected chi connectivity index (χ3v) is 3.31. The molecule has 0 spiro atoms. The molecule has 4 nitrogen and oxygen atoms in total. The first kappa shape index (κ1) is 17.2. The molecule has 0 aromatic heterocycles. The second-order valence-electron chi connectivity index (χ2n) is 4.99. The zero-order valence-corrected chi connectivity index (χ0v) is 13.4. The maximum absolute atomic E-state index is 12.1. The summed E-state index contributed by atoms with van der Waals surface area (Å²) in [7, 11) is 1.34. The van der Waals surface area contributed by atoms with Crippen LogP contribution in [0, 0.1) is 0 Å². The van der Waals surface area contributed by atoms with Gasteiger partial charge in [0.1, 0.15) is 5.75 Å². The van der Waals surface area contributed by atoms with Gasteiger partial charge in [-0.05, 0) is 17.7 Å². The van der Waals surface area contributed by atoms with Crippen LogP contribution < -0.4 is 4.74 Å².